The Balaban J connectivity index is 2.99. The van der Waals surface area contributed by atoms with Crippen LogP contribution in [0.25, 0.3) is 10.9 Å². The van der Waals surface area contributed by atoms with Crippen molar-refractivity contribution in [2.24, 2.45) is 7.05 Å². The molecule has 1 heteroatoms. The van der Waals surface area contributed by atoms with Crippen LogP contribution in [-0.4, -0.2) is 4.57 Å². The van der Waals surface area contributed by atoms with Crippen molar-refractivity contribution < 1.29 is 1.37 Å². The van der Waals surface area contributed by atoms with E-state index < -0.39 is 0 Å². The molecule has 0 unspecified atom stereocenters. The van der Waals surface area contributed by atoms with E-state index in [4.69, 9.17) is 1.37 Å². The zero-order valence-electron chi connectivity index (χ0n) is 7.76. The molecule has 0 bridgehead atoms. The smallest absolute Gasteiger partial charge is 0.0648 e. The minimum absolute atomic E-state index is 0.646. The van der Waals surface area contributed by atoms with Crippen LogP contribution >= 0.6 is 0 Å². The highest BCUT2D eigenvalue weighted by Crippen LogP contribution is 2.16. The minimum Gasteiger partial charge on any atom is -0.348 e. The maximum absolute atomic E-state index is 7.79. The predicted molar refractivity (Wildman–Crippen MR) is 47.7 cm³/mol. The van der Waals surface area contributed by atoms with Crippen molar-refractivity contribution >= 4 is 10.9 Å². The Bertz CT molecular complexity index is 390. The van der Waals surface area contributed by atoms with Crippen LogP contribution < -0.4 is 0 Å². The average Bonchev–Trinajstić information content (AvgIpc) is 2.33. The van der Waals surface area contributed by atoms with E-state index in [0.717, 1.165) is 16.6 Å². The molecule has 1 aromatic carbocycles. The predicted octanol–water partition coefficient (Wildman–Crippen LogP) is 2.49. The summed E-state index contributed by atoms with van der Waals surface area (Å²) in [4.78, 5) is 0. The first-order valence-electron chi connectivity index (χ1n) is 4.22. The number of hydrogen-bond donors (Lipinski definition) is 0. The summed E-state index contributed by atoms with van der Waals surface area (Å²) in [6.45, 7) is 1.97. The van der Waals surface area contributed by atoms with Gasteiger partial charge in [0, 0.05) is 18.3 Å². The summed E-state index contributed by atoms with van der Waals surface area (Å²) in [5.74, 6) is 0. The van der Waals surface area contributed by atoms with Gasteiger partial charge in [-0.1, -0.05) is 18.2 Å². The molecule has 0 amide bonds. The topological polar surface area (TPSA) is 4.93 Å². The van der Waals surface area contributed by atoms with Gasteiger partial charge in [0.1, 0.15) is 0 Å². The quantitative estimate of drug-likeness (QED) is 0.538. The molecule has 2 rings (SSSR count). The zero-order valence-corrected chi connectivity index (χ0v) is 6.76. The fourth-order valence-electron chi connectivity index (χ4n) is 1.33. The number of fused-ring (bicyclic) bond motifs is 1. The molecule has 11 heavy (non-hydrogen) atoms. The fraction of sp³-hybridized carbons (Fsp3) is 0.200. The lowest BCUT2D eigenvalue weighted by atomic mass is 10.2. The summed E-state index contributed by atoms with van der Waals surface area (Å²) in [5.41, 5.74) is 2.16. The van der Waals surface area contributed by atoms with Gasteiger partial charge in [-0.25, -0.2) is 0 Å². The summed E-state index contributed by atoms with van der Waals surface area (Å²) in [6, 6.07) is 8.65. The zero-order chi connectivity index (χ0) is 8.72. The third kappa shape index (κ3) is 0.845. The molecule has 0 radical (unpaired) electrons. The first-order valence-corrected chi connectivity index (χ1v) is 3.72. The van der Waals surface area contributed by atoms with Crippen LogP contribution in [0.1, 0.15) is 7.06 Å². The summed E-state index contributed by atoms with van der Waals surface area (Å²) in [7, 11) is 2.00. The second-order valence-electron chi connectivity index (χ2n) is 2.79. The van der Waals surface area contributed by atoms with Crippen molar-refractivity contribution in [3.05, 3.63) is 36.0 Å². The lowest BCUT2D eigenvalue weighted by Crippen LogP contribution is -1.88. The molecular formula is C10H11N. The first-order chi connectivity index (χ1) is 5.72. The number of benzene rings is 1. The van der Waals surface area contributed by atoms with E-state index in [-0.39, 0.29) is 0 Å². The molecule has 0 fully saturated rings. The SMILES string of the molecule is [2H]c1c(C)n(C)c2ccccc12. The van der Waals surface area contributed by atoms with Gasteiger partial charge in [-0.2, -0.15) is 0 Å². The van der Waals surface area contributed by atoms with Gasteiger partial charge in [0.25, 0.3) is 0 Å². The van der Waals surface area contributed by atoms with Gasteiger partial charge in [-0.3, -0.25) is 0 Å². The largest absolute Gasteiger partial charge is 0.348 e. The highest BCUT2D eigenvalue weighted by molar-refractivity contribution is 5.80. The van der Waals surface area contributed by atoms with Gasteiger partial charge in [0.05, 0.1) is 1.37 Å². The maximum atomic E-state index is 7.79. The van der Waals surface area contributed by atoms with Crippen LogP contribution in [0.4, 0.5) is 0 Å². The van der Waals surface area contributed by atoms with E-state index in [1.165, 1.54) is 0 Å². The van der Waals surface area contributed by atoms with Crippen molar-refractivity contribution in [1.82, 2.24) is 4.57 Å². The Hall–Kier alpha value is -1.24. The summed E-state index contributed by atoms with van der Waals surface area (Å²) in [6.07, 6.45) is 0. The lowest BCUT2D eigenvalue weighted by Gasteiger charge is -1.96. The van der Waals surface area contributed by atoms with Gasteiger partial charge >= 0.3 is 0 Å². The molecule has 0 aliphatic carbocycles. The molecular weight excluding hydrogens is 134 g/mol. The molecule has 0 aliphatic heterocycles. The molecule has 1 aromatic heterocycles. The third-order valence-corrected chi connectivity index (χ3v) is 2.08. The molecule has 0 atom stereocenters. The number of nitrogens with zero attached hydrogens (tertiary/aromatic N) is 1. The highest BCUT2D eigenvalue weighted by atomic mass is 14.9. The number of para-hydroxylation sites is 1. The Morgan fingerprint density at radius 1 is 1.36 bits per heavy atom. The van der Waals surface area contributed by atoms with Crippen molar-refractivity contribution in [2.75, 3.05) is 0 Å². The molecule has 0 saturated carbocycles. The molecule has 56 valence electrons. The maximum Gasteiger partial charge on any atom is 0.0648 e. The second kappa shape index (κ2) is 2.12. The van der Waals surface area contributed by atoms with E-state index in [9.17, 15) is 0 Å². The van der Waals surface area contributed by atoms with Crippen LogP contribution in [0.2, 0.25) is 0 Å². The van der Waals surface area contributed by atoms with Crippen LogP contribution in [0.5, 0.6) is 0 Å². The molecule has 0 N–H and O–H groups in total. The standard InChI is InChI=1S/C10H11N/c1-8-7-9-5-3-4-6-10(9)11(8)2/h3-7H,1-2H3/i7D. The molecule has 1 heterocycles. The molecule has 1 nitrogen and oxygen atoms in total. The van der Waals surface area contributed by atoms with Crippen LogP contribution in [0.15, 0.2) is 30.3 Å². The monoisotopic (exact) mass is 146 g/mol. The van der Waals surface area contributed by atoms with E-state index in [1.54, 1.807) is 0 Å². The summed E-state index contributed by atoms with van der Waals surface area (Å²) >= 11 is 0. The Morgan fingerprint density at radius 3 is 2.82 bits per heavy atom. The molecule has 0 aliphatic rings. The van der Waals surface area contributed by atoms with Crippen molar-refractivity contribution in [3.8, 4) is 0 Å². The summed E-state index contributed by atoms with van der Waals surface area (Å²) in [5, 5.41) is 1.04. The normalized spacial score (nSPS) is 12.0. The van der Waals surface area contributed by atoms with E-state index in [1.807, 2.05) is 38.2 Å². The minimum atomic E-state index is 0.646. The van der Waals surface area contributed by atoms with Gasteiger partial charge in [-0.05, 0) is 24.4 Å². The van der Waals surface area contributed by atoms with Gasteiger partial charge in [0.2, 0.25) is 0 Å². The lowest BCUT2D eigenvalue weighted by molar-refractivity contribution is 0.918. The number of aromatic nitrogens is 1. The summed E-state index contributed by atoms with van der Waals surface area (Å²) < 4.78 is 9.84. The Morgan fingerprint density at radius 2 is 2.09 bits per heavy atom. The van der Waals surface area contributed by atoms with Crippen LogP contribution in [-0.2, 0) is 7.05 Å². The van der Waals surface area contributed by atoms with Gasteiger partial charge in [-0.15, -0.1) is 0 Å². The number of rotatable bonds is 0. The van der Waals surface area contributed by atoms with E-state index in [2.05, 4.69) is 4.57 Å². The number of hydrogen-bond acceptors (Lipinski definition) is 0. The van der Waals surface area contributed by atoms with E-state index >= 15 is 0 Å². The fourth-order valence-corrected chi connectivity index (χ4v) is 1.33. The highest BCUT2D eigenvalue weighted by Gasteiger charge is 1.98. The second-order valence-corrected chi connectivity index (χ2v) is 2.79. The van der Waals surface area contributed by atoms with Crippen molar-refractivity contribution in [1.29, 1.82) is 0 Å². The van der Waals surface area contributed by atoms with Crippen molar-refractivity contribution in [2.45, 2.75) is 6.92 Å². The van der Waals surface area contributed by atoms with Crippen molar-refractivity contribution in [3.63, 3.8) is 0 Å². The van der Waals surface area contributed by atoms with Gasteiger partial charge in [0.15, 0.2) is 0 Å². The van der Waals surface area contributed by atoms with Gasteiger partial charge < -0.3 is 4.57 Å². The Labute approximate surface area is 67.7 Å². The first kappa shape index (κ1) is 5.42. The van der Waals surface area contributed by atoms with Crippen LogP contribution in [0, 0.1) is 6.92 Å². The third-order valence-electron chi connectivity index (χ3n) is 2.08. The molecule has 0 saturated heterocycles. The average molecular weight is 146 g/mol. The van der Waals surface area contributed by atoms with E-state index in [0.29, 0.717) is 6.04 Å². The molecule has 0 spiro atoms. The molecule has 2 aromatic rings. The van der Waals surface area contributed by atoms with Crippen LogP contribution in [0.3, 0.4) is 0 Å². The Kier molecular flexibility index (Phi) is 1.05. The number of aryl methyl sites for hydroxylation is 1.